The SMILES string of the molecule is C[NH+]1CC[NH+]([C@@H]2CC(=O)N(c3cccc(Br)c3)C2=O)CC1. The number of rotatable bonds is 2. The molecule has 112 valence electrons. The Balaban J connectivity index is 1.79. The number of hydrogen-bond acceptors (Lipinski definition) is 2. The predicted molar refractivity (Wildman–Crippen MR) is 82.4 cm³/mol. The summed E-state index contributed by atoms with van der Waals surface area (Å²) in [5.41, 5.74) is 0.668. The number of carbonyl (C=O) groups excluding carboxylic acids is 2. The van der Waals surface area contributed by atoms with E-state index in [1.165, 1.54) is 14.7 Å². The van der Waals surface area contributed by atoms with Gasteiger partial charge in [0.1, 0.15) is 26.2 Å². The Morgan fingerprint density at radius 1 is 1.19 bits per heavy atom. The number of amides is 2. The van der Waals surface area contributed by atoms with Gasteiger partial charge in [-0.1, -0.05) is 22.0 Å². The molecule has 0 bridgehead atoms. The van der Waals surface area contributed by atoms with Crippen LogP contribution >= 0.6 is 15.9 Å². The molecule has 2 N–H and O–H groups in total. The van der Waals surface area contributed by atoms with E-state index in [-0.39, 0.29) is 17.9 Å². The van der Waals surface area contributed by atoms with Crippen molar-refractivity contribution in [1.82, 2.24) is 0 Å². The molecular weight excluding hydrogens is 334 g/mol. The van der Waals surface area contributed by atoms with Crippen LogP contribution in [0.4, 0.5) is 5.69 Å². The largest absolute Gasteiger partial charge is 0.328 e. The van der Waals surface area contributed by atoms with Crippen LogP contribution in [0.25, 0.3) is 0 Å². The van der Waals surface area contributed by atoms with Crippen molar-refractivity contribution in [3.63, 3.8) is 0 Å². The molecule has 2 saturated heterocycles. The van der Waals surface area contributed by atoms with Crippen LogP contribution in [0.5, 0.6) is 0 Å². The molecule has 21 heavy (non-hydrogen) atoms. The van der Waals surface area contributed by atoms with E-state index in [1.54, 1.807) is 0 Å². The van der Waals surface area contributed by atoms with Gasteiger partial charge in [-0.15, -0.1) is 0 Å². The smallest absolute Gasteiger partial charge is 0.292 e. The molecular formula is C15H20BrN3O2+2. The van der Waals surface area contributed by atoms with Gasteiger partial charge in [0.15, 0.2) is 6.04 Å². The van der Waals surface area contributed by atoms with E-state index in [0.717, 1.165) is 30.7 Å². The molecule has 1 aromatic carbocycles. The van der Waals surface area contributed by atoms with Crippen molar-refractivity contribution in [2.75, 3.05) is 38.1 Å². The Labute approximate surface area is 132 Å². The van der Waals surface area contributed by atoms with E-state index >= 15 is 0 Å². The van der Waals surface area contributed by atoms with Crippen molar-refractivity contribution in [2.45, 2.75) is 12.5 Å². The van der Waals surface area contributed by atoms with Gasteiger partial charge in [0.2, 0.25) is 5.91 Å². The molecule has 0 aromatic heterocycles. The van der Waals surface area contributed by atoms with E-state index in [2.05, 4.69) is 23.0 Å². The maximum Gasteiger partial charge on any atom is 0.292 e. The Morgan fingerprint density at radius 3 is 2.57 bits per heavy atom. The third-order valence-corrected chi connectivity index (χ3v) is 4.94. The summed E-state index contributed by atoms with van der Waals surface area (Å²) < 4.78 is 0.875. The van der Waals surface area contributed by atoms with E-state index in [1.807, 2.05) is 24.3 Å². The van der Waals surface area contributed by atoms with Gasteiger partial charge in [0, 0.05) is 4.47 Å². The predicted octanol–water partition coefficient (Wildman–Crippen LogP) is -1.51. The van der Waals surface area contributed by atoms with Gasteiger partial charge in [-0.05, 0) is 18.2 Å². The molecule has 3 rings (SSSR count). The van der Waals surface area contributed by atoms with Crippen LogP contribution in [0.2, 0.25) is 0 Å². The molecule has 5 nitrogen and oxygen atoms in total. The van der Waals surface area contributed by atoms with Crippen LogP contribution in [0.15, 0.2) is 28.7 Å². The Hall–Kier alpha value is -1.24. The molecule has 2 amide bonds. The minimum atomic E-state index is -0.204. The van der Waals surface area contributed by atoms with Crippen molar-refractivity contribution in [3.05, 3.63) is 28.7 Å². The Bertz CT molecular complexity index is 570. The molecule has 6 heteroatoms. The first kappa shape index (κ1) is 14.7. The fraction of sp³-hybridized carbons (Fsp3) is 0.467. The number of carbonyl (C=O) groups is 2. The molecule has 2 fully saturated rings. The Morgan fingerprint density at radius 2 is 1.90 bits per heavy atom. The van der Waals surface area contributed by atoms with Crippen LogP contribution < -0.4 is 14.7 Å². The number of nitrogens with zero attached hydrogens (tertiary/aromatic N) is 1. The average molecular weight is 354 g/mol. The molecule has 2 heterocycles. The molecule has 1 aromatic rings. The highest BCUT2D eigenvalue weighted by Gasteiger charge is 2.46. The van der Waals surface area contributed by atoms with Gasteiger partial charge in [-0.25, -0.2) is 4.90 Å². The number of quaternary nitrogens is 2. The molecule has 0 aliphatic carbocycles. The molecule has 0 unspecified atom stereocenters. The van der Waals surface area contributed by atoms with E-state index in [4.69, 9.17) is 0 Å². The first-order valence-corrected chi connectivity index (χ1v) is 8.14. The second kappa shape index (κ2) is 5.87. The molecule has 2 aliphatic heterocycles. The number of imide groups is 1. The van der Waals surface area contributed by atoms with Gasteiger partial charge >= 0.3 is 0 Å². The third-order valence-electron chi connectivity index (χ3n) is 4.45. The van der Waals surface area contributed by atoms with Crippen LogP contribution in [0, 0.1) is 0 Å². The highest BCUT2D eigenvalue weighted by Crippen LogP contribution is 2.24. The summed E-state index contributed by atoms with van der Waals surface area (Å²) >= 11 is 3.39. The van der Waals surface area contributed by atoms with Crippen LogP contribution in [0.1, 0.15) is 6.42 Å². The number of nitrogens with one attached hydrogen (secondary N) is 2. The van der Waals surface area contributed by atoms with Crippen molar-refractivity contribution in [2.24, 2.45) is 0 Å². The van der Waals surface area contributed by atoms with Crippen molar-refractivity contribution in [1.29, 1.82) is 0 Å². The molecule has 0 spiro atoms. The summed E-state index contributed by atoms with van der Waals surface area (Å²) in [5.74, 6) is -0.130. The lowest BCUT2D eigenvalue weighted by Gasteiger charge is -2.30. The second-order valence-electron chi connectivity index (χ2n) is 5.92. The van der Waals surface area contributed by atoms with Gasteiger partial charge in [0.05, 0.1) is 19.2 Å². The number of likely N-dealkylation sites (N-methyl/N-ethyl adjacent to an activating group) is 1. The van der Waals surface area contributed by atoms with Gasteiger partial charge < -0.3 is 9.80 Å². The summed E-state index contributed by atoms with van der Waals surface area (Å²) in [4.78, 5) is 29.1. The van der Waals surface area contributed by atoms with Crippen molar-refractivity contribution in [3.8, 4) is 0 Å². The minimum Gasteiger partial charge on any atom is -0.328 e. The van der Waals surface area contributed by atoms with Crippen LogP contribution in [0.3, 0.4) is 0 Å². The van der Waals surface area contributed by atoms with Crippen LogP contribution in [-0.2, 0) is 9.59 Å². The lowest BCUT2D eigenvalue weighted by molar-refractivity contribution is -1.01. The number of anilines is 1. The topological polar surface area (TPSA) is 46.3 Å². The molecule has 1 atom stereocenters. The van der Waals surface area contributed by atoms with Gasteiger partial charge in [-0.3, -0.25) is 9.59 Å². The maximum absolute atomic E-state index is 12.7. The third kappa shape index (κ3) is 2.88. The lowest BCUT2D eigenvalue weighted by Crippen LogP contribution is -3.29. The number of hydrogen-bond donors (Lipinski definition) is 2. The zero-order chi connectivity index (χ0) is 15.0. The number of benzene rings is 1. The standard InChI is InChI=1S/C15H18BrN3O2/c1-17-5-7-18(8-6-17)13-10-14(20)19(15(13)21)12-4-2-3-11(16)9-12/h2-4,9,13H,5-8,10H2,1H3/p+2/t13-/m1/s1. The quantitative estimate of drug-likeness (QED) is 0.635. The number of piperazine rings is 1. The van der Waals surface area contributed by atoms with E-state index in [9.17, 15) is 9.59 Å². The molecule has 0 saturated carbocycles. The average Bonchev–Trinajstić information content (AvgIpc) is 2.75. The van der Waals surface area contributed by atoms with Gasteiger partial charge in [-0.2, -0.15) is 0 Å². The fourth-order valence-corrected chi connectivity index (χ4v) is 3.57. The Kier molecular flexibility index (Phi) is 4.10. The fourth-order valence-electron chi connectivity index (χ4n) is 3.18. The normalized spacial score (nSPS) is 30.0. The molecule has 0 radical (unpaired) electrons. The summed E-state index contributed by atoms with van der Waals surface area (Å²) in [7, 11) is 2.17. The highest BCUT2D eigenvalue weighted by molar-refractivity contribution is 9.10. The summed E-state index contributed by atoms with van der Waals surface area (Å²) in [6.45, 7) is 4.04. The maximum atomic E-state index is 12.7. The lowest BCUT2D eigenvalue weighted by atomic mass is 10.2. The van der Waals surface area contributed by atoms with Crippen molar-refractivity contribution < 1.29 is 19.4 Å². The van der Waals surface area contributed by atoms with Crippen molar-refractivity contribution >= 4 is 33.4 Å². The first-order valence-electron chi connectivity index (χ1n) is 7.34. The zero-order valence-corrected chi connectivity index (χ0v) is 13.6. The first-order chi connectivity index (χ1) is 10.1. The van der Waals surface area contributed by atoms with E-state index in [0.29, 0.717) is 12.1 Å². The monoisotopic (exact) mass is 353 g/mol. The summed E-state index contributed by atoms with van der Waals surface area (Å²) in [6.07, 6.45) is 0.333. The molecule has 2 aliphatic rings. The minimum absolute atomic E-state index is 0.0485. The zero-order valence-electron chi connectivity index (χ0n) is 12.1. The highest BCUT2D eigenvalue weighted by atomic mass is 79.9. The number of halogens is 1. The summed E-state index contributed by atoms with van der Waals surface area (Å²) in [6, 6.07) is 7.16. The van der Waals surface area contributed by atoms with Gasteiger partial charge in [0.25, 0.3) is 5.91 Å². The second-order valence-corrected chi connectivity index (χ2v) is 6.83. The van der Waals surface area contributed by atoms with E-state index < -0.39 is 0 Å². The van der Waals surface area contributed by atoms with Crippen LogP contribution in [-0.4, -0.2) is 51.1 Å². The summed E-state index contributed by atoms with van der Waals surface area (Å²) in [5, 5.41) is 0.